The Balaban J connectivity index is 1.61. The van der Waals surface area contributed by atoms with Crippen LogP contribution in [0.5, 0.6) is 0 Å². The van der Waals surface area contributed by atoms with Crippen molar-refractivity contribution in [3.05, 3.63) is 63.7 Å². The highest BCUT2D eigenvalue weighted by Crippen LogP contribution is 2.42. The summed E-state index contributed by atoms with van der Waals surface area (Å²) in [6, 6.07) is 11.2. The Bertz CT molecular complexity index is 943. The number of halogens is 1. The Labute approximate surface area is 175 Å². The number of hydrogen-bond acceptors (Lipinski definition) is 5. The highest BCUT2D eigenvalue weighted by atomic mass is 35.5. The summed E-state index contributed by atoms with van der Waals surface area (Å²) in [5, 5.41) is 9.91. The van der Waals surface area contributed by atoms with E-state index in [1.165, 1.54) is 18.2 Å². The normalized spacial score (nSPS) is 16.1. The Morgan fingerprint density at radius 2 is 1.97 bits per heavy atom. The molecule has 1 fully saturated rings. The number of nitrogens with one attached hydrogen (secondary N) is 3. The van der Waals surface area contributed by atoms with Crippen LogP contribution in [0.3, 0.4) is 0 Å². The molecule has 1 heterocycles. The number of ether oxygens (including phenoxy) is 1. The minimum atomic E-state index is -0.678. The zero-order valence-electron chi connectivity index (χ0n) is 16.3. The summed E-state index contributed by atoms with van der Waals surface area (Å²) >= 11 is 6.36. The summed E-state index contributed by atoms with van der Waals surface area (Å²) in [5.74, 6) is -0.291. The lowest BCUT2D eigenvalue weighted by atomic mass is 10.00. The first kappa shape index (κ1) is 19.7. The van der Waals surface area contributed by atoms with Crippen molar-refractivity contribution in [3.8, 4) is 0 Å². The van der Waals surface area contributed by atoms with Gasteiger partial charge < -0.3 is 20.7 Å². The molecule has 0 saturated heterocycles. The second-order valence-electron chi connectivity index (χ2n) is 7.55. The maximum absolute atomic E-state index is 13.0. The maximum atomic E-state index is 13.0. The van der Waals surface area contributed by atoms with Crippen LogP contribution in [0.15, 0.2) is 36.4 Å². The van der Waals surface area contributed by atoms with Gasteiger partial charge in [-0.25, -0.2) is 0 Å². The Morgan fingerprint density at radius 1 is 1.17 bits per heavy atom. The van der Waals surface area contributed by atoms with Crippen molar-refractivity contribution in [1.82, 2.24) is 10.6 Å². The van der Waals surface area contributed by atoms with E-state index in [1.54, 1.807) is 6.07 Å². The van der Waals surface area contributed by atoms with Gasteiger partial charge in [-0.05, 0) is 65.3 Å². The first-order valence-electron chi connectivity index (χ1n) is 9.77. The lowest BCUT2D eigenvalue weighted by Crippen LogP contribution is -2.37. The average Bonchev–Trinajstić information content (AvgIpc) is 3.47. The summed E-state index contributed by atoms with van der Waals surface area (Å²) in [6.45, 7) is 1.49. The highest BCUT2D eigenvalue weighted by molar-refractivity contribution is 6.30. The predicted molar refractivity (Wildman–Crippen MR) is 112 cm³/mol. The van der Waals surface area contributed by atoms with Crippen molar-refractivity contribution in [1.29, 1.82) is 0 Å². The van der Waals surface area contributed by atoms with E-state index in [9.17, 15) is 9.59 Å². The number of hydrogen-bond donors (Lipinski definition) is 3. The molecule has 1 atom stereocenters. The topological polar surface area (TPSA) is 79.5 Å². The molecule has 0 spiro atoms. The van der Waals surface area contributed by atoms with Crippen molar-refractivity contribution in [3.63, 3.8) is 0 Å². The summed E-state index contributed by atoms with van der Waals surface area (Å²) in [6.07, 6.45) is 2.29. The maximum Gasteiger partial charge on any atom is 0.325 e. The van der Waals surface area contributed by atoms with E-state index in [0.29, 0.717) is 10.9 Å². The minimum absolute atomic E-state index is 0.183. The predicted octanol–water partition coefficient (Wildman–Crippen LogP) is 3.26. The molecule has 2 aromatic carbocycles. The Hall–Kier alpha value is -2.57. The van der Waals surface area contributed by atoms with Crippen LogP contribution in [-0.2, 0) is 27.4 Å². The molecule has 1 aliphatic carbocycles. The van der Waals surface area contributed by atoms with Crippen LogP contribution in [0.25, 0.3) is 0 Å². The number of rotatable bonds is 7. The van der Waals surface area contributed by atoms with Crippen LogP contribution in [0.2, 0.25) is 5.02 Å². The van der Waals surface area contributed by atoms with Crippen LogP contribution >= 0.6 is 11.6 Å². The zero-order valence-corrected chi connectivity index (χ0v) is 17.0. The number of carbonyl (C=O) groups is 2. The van der Waals surface area contributed by atoms with Crippen molar-refractivity contribution in [2.24, 2.45) is 0 Å². The third-order valence-electron chi connectivity index (χ3n) is 5.37. The van der Waals surface area contributed by atoms with E-state index in [-0.39, 0.29) is 12.5 Å². The molecule has 3 N–H and O–H groups in total. The molecule has 1 amide bonds. The fourth-order valence-corrected chi connectivity index (χ4v) is 3.89. The SMILES string of the molecule is COC(=O)CNC(=O)[C@H](Nc1ccc2c(c1)CNC2)c1cc(Cl)cc(C2CC2)c1. The quantitative estimate of drug-likeness (QED) is 0.607. The molecule has 6 nitrogen and oxygen atoms in total. The van der Waals surface area contributed by atoms with Gasteiger partial charge in [0.05, 0.1) is 7.11 Å². The van der Waals surface area contributed by atoms with Crippen LogP contribution in [0.4, 0.5) is 5.69 Å². The Kier molecular flexibility index (Phi) is 5.74. The van der Waals surface area contributed by atoms with E-state index < -0.39 is 12.0 Å². The van der Waals surface area contributed by atoms with Crippen LogP contribution in [-0.4, -0.2) is 25.5 Å². The van der Waals surface area contributed by atoms with Gasteiger partial charge in [-0.2, -0.15) is 0 Å². The summed E-state index contributed by atoms with van der Waals surface area (Å²) in [5.41, 5.74) is 5.26. The molecular weight excluding hydrogens is 390 g/mol. The van der Waals surface area contributed by atoms with E-state index in [4.69, 9.17) is 11.6 Å². The fraction of sp³-hybridized carbons (Fsp3) is 0.364. The van der Waals surface area contributed by atoms with Crippen LogP contribution < -0.4 is 16.0 Å². The molecule has 7 heteroatoms. The number of esters is 1. The van der Waals surface area contributed by atoms with Crippen molar-refractivity contribution in [2.45, 2.75) is 37.9 Å². The molecule has 0 aromatic heterocycles. The van der Waals surface area contributed by atoms with Gasteiger partial charge in [0.25, 0.3) is 0 Å². The third-order valence-corrected chi connectivity index (χ3v) is 5.59. The first-order valence-corrected chi connectivity index (χ1v) is 10.2. The summed E-state index contributed by atoms with van der Waals surface area (Å²) < 4.78 is 4.63. The molecular formula is C22H24ClN3O3. The molecule has 0 unspecified atom stereocenters. The minimum Gasteiger partial charge on any atom is -0.468 e. The van der Waals surface area contributed by atoms with Crippen molar-refractivity contribution < 1.29 is 14.3 Å². The lowest BCUT2D eigenvalue weighted by molar-refractivity contribution is -0.141. The lowest BCUT2D eigenvalue weighted by Gasteiger charge is -2.21. The van der Waals surface area contributed by atoms with Crippen LogP contribution in [0.1, 0.15) is 47.1 Å². The van der Waals surface area contributed by atoms with E-state index >= 15 is 0 Å². The third kappa shape index (κ3) is 4.71. The molecule has 2 aromatic rings. The van der Waals surface area contributed by atoms with Crippen molar-refractivity contribution >= 4 is 29.2 Å². The van der Waals surface area contributed by atoms with Gasteiger partial charge >= 0.3 is 5.97 Å². The van der Waals surface area contributed by atoms with E-state index in [2.05, 4.69) is 32.8 Å². The zero-order chi connectivity index (χ0) is 20.4. The average molecular weight is 414 g/mol. The van der Waals surface area contributed by atoms with Gasteiger partial charge in [-0.1, -0.05) is 23.7 Å². The van der Waals surface area contributed by atoms with Gasteiger partial charge in [0, 0.05) is 23.8 Å². The van der Waals surface area contributed by atoms with Gasteiger partial charge in [0.15, 0.2) is 0 Å². The second-order valence-corrected chi connectivity index (χ2v) is 7.99. The molecule has 2 aliphatic rings. The molecule has 0 radical (unpaired) electrons. The summed E-state index contributed by atoms with van der Waals surface area (Å²) in [7, 11) is 1.29. The smallest absolute Gasteiger partial charge is 0.325 e. The first-order chi connectivity index (χ1) is 14.0. The van der Waals surface area contributed by atoms with Gasteiger partial charge in [0.1, 0.15) is 12.6 Å². The van der Waals surface area contributed by atoms with E-state index in [0.717, 1.165) is 42.7 Å². The standard InChI is InChI=1S/C22H24ClN3O3/c1-29-20(27)12-25-22(28)21(16-6-15(13-2-3-13)7-18(23)8-16)26-19-5-4-14-10-24-11-17(14)9-19/h4-9,13,21,24,26H,2-3,10-12H2,1H3,(H,25,28)/t21-/m1/s1. The van der Waals surface area contributed by atoms with Crippen LogP contribution in [0, 0.1) is 0 Å². The molecule has 0 bridgehead atoms. The molecule has 1 saturated carbocycles. The molecule has 4 rings (SSSR count). The van der Waals surface area contributed by atoms with Gasteiger partial charge in [-0.15, -0.1) is 0 Å². The molecule has 1 aliphatic heterocycles. The largest absolute Gasteiger partial charge is 0.468 e. The monoisotopic (exact) mass is 413 g/mol. The fourth-order valence-electron chi connectivity index (χ4n) is 3.64. The second kappa shape index (κ2) is 8.43. The van der Waals surface area contributed by atoms with Gasteiger partial charge in [-0.3, -0.25) is 9.59 Å². The number of fused-ring (bicyclic) bond motifs is 1. The molecule has 152 valence electrons. The van der Waals surface area contributed by atoms with Gasteiger partial charge in [0.2, 0.25) is 5.91 Å². The van der Waals surface area contributed by atoms with Crippen molar-refractivity contribution in [2.75, 3.05) is 19.0 Å². The number of amides is 1. The molecule has 29 heavy (non-hydrogen) atoms. The summed E-state index contributed by atoms with van der Waals surface area (Å²) in [4.78, 5) is 24.5. The highest BCUT2D eigenvalue weighted by Gasteiger charge is 2.27. The number of anilines is 1. The Morgan fingerprint density at radius 3 is 2.72 bits per heavy atom. The number of methoxy groups -OCH3 is 1. The van der Waals surface area contributed by atoms with E-state index in [1.807, 2.05) is 18.2 Å². The number of benzene rings is 2. The number of carbonyl (C=O) groups excluding carboxylic acids is 2.